The van der Waals surface area contributed by atoms with Gasteiger partial charge in [-0.2, -0.15) is 0 Å². The van der Waals surface area contributed by atoms with Crippen molar-refractivity contribution in [3.8, 4) is 0 Å². The van der Waals surface area contributed by atoms with Crippen LogP contribution in [0.2, 0.25) is 0 Å². The fraction of sp³-hybridized carbons (Fsp3) is 0.818. The van der Waals surface area contributed by atoms with Gasteiger partial charge in [0.05, 0.1) is 0 Å². The monoisotopic (exact) mass is 167 g/mol. The van der Waals surface area contributed by atoms with Gasteiger partial charge in [-0.25, -0.2) is 0 Å². The molecule has 0 radical (unpaired) electrons. The second-order valence-corrected chi connectivity index (χ2v) is 4.79. The van der Waals surface area contributed by atoms with Gasteiger partial charge in [0.15, 0.2) is 0 Å². The highest BCUT2D eigenvalue weighted by Crippen LogP contribution is 2.18. The van der Waals surface area contributed by atoms with E-state index >= 15 is 0 Å². The standard InChI is InChI=1S/C11H21N/c1-11(2,3)8-4-5-9-12-10-6-7-10/h4,8,10,12H,5-7,9H2,1-3H3. The van der Waals surface area contributed by atoms with E-state index in [0.717, 1.165) is 12.6 Å². The van der Waals surface area contributed by atoms with Crippen molar-refractivity contribution in [1.29, 1.82) is 0 Å². The average Bonchev–Trinajstić information content (AvgIpc) is 2.68. The molecular weight excluding hydrogens is 146 g/mol. The molecule has 1 nitrogen and oxygen atoms in total. The minimum atomic E-state index is 0.347. The summed E-state index contributed by atoms with van der Waals surface area (Å²) in [6, 6.07) is 0.855. The zero-order valence-electron chi connectivity index (χ0n) is 8.56. The first kappa shape index (κ1) is 9.79. The molecule has 0 aromatic carbocycles. The Balaban J connectivity index is 1.96. The van der Waals surface area contributed by atoms with Gasteiger partial charge >= 0.3 is 0 Å². The third-order valence-corrected chi connectivity index (χ3v) is 1.94. The Kier molecular flexibility index (Phi) is 3.33. The minimum Gasteiger partial charge on any atom is -0.314 e. The maximum Gasteiger partial charge on any atom is 0.00683 e. The van der Waals surface area contributed by atoms with E-state index in [1.54, 1.807) is 0 Å². The van der Waals surface area contributed by atoms with Crippen LogP contribution in [0.25, 0.3) is 0 Å². The van der Waals surface area contributed by atoms with E-state index in [1.807, 2.05) is 0 Å². The summed E-state index contributed by atoms with van der Waals surface area (Å²) in [5, 5.41) is 3.49. The molecular formula is C11H21N. The molecule has 0 heterocycles. The molecule has 0 aromatic rings. The van der Waals surface area contributed by atoms with Crippen LogP contribution < -0.4 is 5.32 Å². The van der Waals surface area contributed by atoms with E-state index in [9.17, 15) is 0 Å². The molecule has 0 aromatic heterocycles. The smallest absolute Gasteiger partial charge is 0.00683 e. The maximum atomic E-state index is 3.49. The van der Waals surface area contributed by atoms with Crippen molar-refractivity contribution in [3.05, 3.63) is 12.2 Å². The SMILES string of the molecule is CC(C)(C)C=CCCNC1CC1. The van der Waals surface area contributed by atoms with Crippen molar-refractivity contribution >= 4 is 0 Å². The summed E-state index contributed by atoms with van der Waals surface area (Å²) in [5.74, 6) is 0. The topological polar surface area (TPSA) is 12.0 Å². The maximum absolute atomic E-state index is 3.49. The average molecular weight is 167 g/mol. The van der Waals surface area contributed by atoms with Crippen LogP contribution in [0, 0.1) is 5.41 Å². The van der Waals surface area contributed by atoms with Crippen LogP contribution in [-0.2, 0) is 0 Å². The quantitative estimate of drug-likeness (QED) is 0.501. The summed E-state index contributed by atoms with van der Waals surface area (Å²) >= 11 is 0. The zero-order valence-corrected chi connectivity index (χ0v) is 8.56. The van der Waals surface area contributed by atoms with Crippen molar-refractivity contribution in [1.82, 2.24) is 5.32 Å². The van der Waals surface area contributed by atoms with Crippen LogP contribution in [0.3, 0.4) is 0 Å². The normalized spacial score (nSPS) is 18.9. The number of rotatable bonds is 4. The van der Waals surface area contributed by atoms with Gasteiger partial charge in [-0.15, -0.1) is 0 Å². The van der Waals surface area contributed by atoms with Crippen molar-refractivity contribution in [3.63, 3.8) is 0 Å². The number of hydrogen-bond donors (Lipinski definition) is 1. The first-order valence-corrected chi connectivity index (χ1v) is 4.99. The summed E-state index contributed by atoms with van der Waals surface area (Å²) in [4.78, 5) is 0. The number of nitrogens with one attached hydrogen (secondary N) is 1. The molecule has 0 aliphatic heterocycles. The highest BCUT2D eigenvalue weighted by Gasteiger charge is 2.19. The highest BCUT2D eigenvalue weighted by molar-refractivity contribution is 4.92. The molecule has 1 heteroatoms. The molecule has 1 aliphatic carbocycles. The molecule has 0 amide bonds. The Morgan fingerprint density at radius 2 is 2.00 bits per heavy atom. The Hall–Kier alpha value is -0.300. The summed E-state index contributed by atoms with van der Waals surface area (Å²) in [6.45, 7) is 7.85. The molecule has 1 fully saturated rings. The van der Waals surface area contributed by atoms with Crippen LogP contribution in [0.5, 0.6) is 0 Å². The van der Waals surface area contributed by atoms with E-state index in [-0.39, 0.29) is 0 Å². The molecule has 12 heavy (non-hydrogen) atoms. The molecule has 0 saturated heterocycles. The fourth-order valence-corrected chi connectivity index (χ4v) is 1.10. The number of hydrogen-bond acceptors (Lipinski definition) is 1. The Labute approximate surface area is 76.2 Å². The van der Waals surface area contributed by atoms with Crippen LogP contribution in [0.1, 0.15) is 40.0 Å². The summed E-state index contributed by atoms with van der Waals surface area (Å²) in [7, 11) is 0. The first-order valence-electron chi connectivity index (χ1n) is 4.99. The van der Waals surface area contributed by atoms with Gasteiger partial charge in [0.25, 0.3) is 0 Å². The lowest BCUT2D eigenvalue weighted by Crippen LogP contribution is -2.16. The van der Waals surface area contributed by atoms with Gasteiger partial charge < -0.3 is 5.32 Å². The lowest BCUT2D eigenvalue weighted by atomic mass is 9.96. The Bertz CT molecular complexity index is 149. The summed E-state index contributed by atoms with van der Waals surface area (Å²) in [5.41, 5.74) is 0.347. The predicted octanol–water partition coefficient (Wildman–Crippen LogP) is 2.73. The van der Waals surface area contributed by atoms with E-state index < -0.39 is 0 Å². The van der Waals surface area contributed by atoms with Crippen LogP contribution in [0.4, 0.5) is 0 Å². The second-order valence-electron chi connectivity index (χ2n) is 4.79. The van der Waals surface area contributed by atoms with Gasteiger partial charge in [0, 0.05) is 6.04 Å². The molecule has 0 bridgehead atoms. The largest absolute Gasteiger partial charge is 0.314 e. The van der Waals surface area contributed by atoms with Crippen molar-refractivity contribution in [2.24, 2.45) is 5.41 Å². The van der Waals surface area contributed by atoms with E-state index in [1.165, 1.54) is 19.3 Å². The minimum absolute atomic E-state index is 0.347. The van der Waals surface area contributed by atoms with E-state index in [2.05, 4.69) is 38.2 Å². The van der Waals surface area contributed by atoms with E-state index in [4.69, 9.17) is 0 Å². The van der Waals surface area contributed by atoms with Gasteiger partial charge in [-0.3, -0.25) is 0 Å². The molecule has 1 N–H and O–H groups in total. The van der Waals surface area contributed by atoms with Crippen molar-refractivity contribution in [2.45, 2.75) is 46.1 Å². The zero-order chi connectivity index (χ0) is 9.03. The van der Waals surface area contributed by atoms with Gasteiger partial charge in [0.2, 0.25) is 0 Å². The third-order valence-electron chi connectivity index (χ3n) is 1.94. The molecule has 1 saturated carbocycles. The van der Waals surface area contributed by atoms with Gasteiger partial charge in [0.1, 0.15) is 0 Å². The lowest BCUT2D eigenvalue weighted by Gasteiger charge is -2.10. The number of allylic oxidation sites excluding steroid dienone is 1. The van der Waals surface area contributed by atoms with Crippen LogP contribution >= 0.6 is 0 Å². The van der Waals surface area contributed by atoms with Gasteiger partial charge in [-0.05, 0) is 31.2 Å². The molecule has 0 atom stereocenters. The fourth-order valence-electron chi connectivity index (χ4n) is 1.10. The van der Waals surface area contributed by atoms with Crippen molar-refractivity contribution < 1.29 is 0 Å². The first-order chi connectivity index (χ1) is 5.58. The predicted molar refractivity (Wildman–Crippen MR) is 54.2 cm³/mol. The Morgan fingerprint density at radius 3 is 2.50 bits per heavy atom. The molecule has 0 spiro atoms. The summed E-state index contributed by atoms with van der Waals surface area (Å²) in [6.07, 6.45) is 8.54. The van der Waals surface area contributed by atoms with Gasteiger partial charge in [-0.1, -0.05) is 32.9 Å². The summed E-state index contributed by atoms with van der Waals surface area (Å²) < 4.78 is 0. The van der Waals surface area contributed by atoms with Crippen LogP contribution in [0.15, 0.2) is 12.2 Å². The second kappa shape index (κ2) is 4.08. The lowest BCUT2D eigenvalue weighted by molar-refractivity contribution is 0.541. The van der Waals surface area contributed by atoms with E-state index in [0.29, 0.717) is 5.41 Å². The molecule has 70 valence electrons. The Morgan fingerprint density at radius 1 is 1.33 bits per heavy atom. The molecule has 1 aliphatic rings. The molecule has 1 rings (SSSR count). The molecule has 0 unspecified atom stereocenters. The highest BCUT2D eigenvalue weighted by atomic mass is 14.9. The van der Waals surface area contributed by atoms with Crippen LogP contribution in [-0.4, -0.2) is 12.6 Å². The third kappa shape index (κ3) is 5.36. The van der Waals surface area contributed by atoms with Crippen molar-refractivity contribution in [2.75, 3.05) is 6.54 Å².